The van der Waals surface area contributed by atoms with Crippen molar-refractivity contribution in [1.29, 1.82) is 0 Å². The molecule has 1 aromatic rings. The molecule has 2 rings (SSSR count). The third-order valence-corrected chi connectivity index (χ3v) is 3.25. The second-order valence-electron chi connectivity index (χ2n) is 4.89. The predicted molar refractivity (Wildman–Crippen MR) is 65.1 cm³/mol. The van der Waals surface area contributed by atoms with E-state index in [1.807, 2.05) is 0 Å². The van der Waals surface area contributed by atoms with E-state index < -0.39 is 5.41 Å². The number of hydrogen-bond acceptors (Lipinski definition) is 4. The fourth-order valence-corrected chi connectivity index (χ4v) is 1.92. The number of rotatable bonds is 2. The first-order valence-corrected chi connectivity index (χ1v) is 5.85. The van der Waals surface area contributed by atoms with Crippen molar-refractivity contribution in [3.63, 3.8) is 0 Å². The van der Waals surface area contributed by atoms with Crippen LogP contribution in [0.2, 0.25) is 5.02 Å². The Morgan fingerprint density at radius 1 is 1.44 bits per heavy atom. The molecule has 0 unspecified atom stereocenters. The quantitative estimate of drug-likeness (QED) is 0.808. The number of aromatic hydroxyl groups is 2. The van der Waals surface area contributed by atoms with E-state index in [4.69, 9.17) is 16.4 Å². The van der Waals surface area contributed by atoms with Gasteiger partial charge < -0.3 is 10.2 Å². The number of amides is 1. The third kappa shape index (κ3) is 2.11. The maximum atomic E-state index is 12.0. The molecule has 0 bridgehead atoms. The smallest absolute Gasteiger partial charge is 0.254 e. The van der Waals surface area contributed by atoms with Gasteiger partial charge in [0.25, 0.3) is 5.91 Å². The van der Waals surface area contributed by atoms with E-state index in [0.29, 0.717) is 0 Å². The van der Waals surface area contributed by atoms with E-state index in [1.165, 1.54) is 12.1 Å². The Kier molecular flexibility index (Phi) is 3.12. The number of hydroxylamine groups is 2. The minimum atomic E-state index is -0.584. The molecular weight excluding hydrogens is 258 g/mol. The van der Waals surface area contributed by atoms with Gasteiger partial charge >= 0.3 is 0 Å². The summed E-state index contributed by atoms with van der Waals surface area (Å²) in [5.74, 6) is -0.787. The number of halogens is 1. The number of hydrogen-bond donors (Lipinski definition) is 2. The third-order valence-electron chi connectivity index (χ3n) is 2.89. The Balaban J connectivity index is 2.26. The lowest BCUT2D eigenvalue weighted by Crippen LogP contribution is -2.30. The van der Waals surface area contributed by atoms with Crippen molar-refractivity contribution in [3.05, 3.63) is 22.7 Å². The normalized spacial score (nSPS) is 18.4. The Bertz CT molecular complexity index is 501. The number of benzene rings is 1. The second-order valence-corrected chi connectivity index (χ2v) is 5.30. The SMILES string of the molecule is CC1(C)CON(Cc2c(Cl)ccc(O)c2O)C1=O. The highest BCUT2D eigenvalue weighted by molar-refractivity contribution is 6.31. The minimum absolute atomic E-state index is 0.00132. The summed E-state index contributed by atoms with van der Waals surface area (Å²) in [6, 6.07) is 2.75. The van der Waals surface area contributed by atoms with Crippen LogP contribution >= 0.6 is 11.6 Å². The average molecular weight is 272 g/mol. The maximum Gasteiger partial charge on any atom is 0.254 e. The predicted octanol–water partition coefficient (Wildman–Crippen LogP) is 2.05. The van der Waals surface area contributed by atoms with Crippen LogP contribution in [0.25, 0.3) is 0 Å². The summed E-state index contributed by atoms with van der Waals surface area (Å²) in [6.45, 7) is 3.84. The van der Waals surface area contributed by atoms with Crippen molar-refractivity contribution in [2.75, 3.05) is 6.61 Å². The van der Waals surface area contributed by atoms with E-state index in [-0.39, 0.29) is 41.1 Å². The molecule has 0 aliphatic carbocycles. The van der Waals surface area contributed by atoms with Gasteiger partial charge in [0.2, 0.25) is 0 Å². The molecule has 1 saturated heterocycles. The van der Waals surface area contributed by atoms with Crippen molar-refractivity contribution < 1.29 is 19.8 Å². The molecule has 0 radical (unpaired) electrons. The number of carbonyl (C=O) groups is 1. The zero-order valence-electron chi connectivity index (χ0n) is 10.1. The van der Waals surface area contributed by atoms with E-state index in [0.717, 1.165) is 5.06 Å². The van der Waals surface area contributed by atoms with Crippen LogP contribution in [-0.2, 0) is 16.2 Å². The van der Waals surface area contributed by atoms with E-state index in [9.17, 15) is 15.0 Å². The summed E-state index contributed by atoms with van der Waals surface area (Å²) >= 11 is 5.93. The number of nitrogens with zero attached hydrogens (tertiary/aromatic N) is 1. The van der Waals surface area contributed by atoms with Crippen LogP contribution in [0.3, 0.4) is 0 Å². The monoisotopic (exact) mass is 271 g/mol. The molecule has 2 N–H and O–H groups in total. The molecule has 1 fully saturated rings. The highest BCUT2D eigenvalue weighted by atomic mass is 35.5. The van der Waals surface area contributed by atoms with Crippen LogP contribution in [0.5, 0.6) is 11.5 Å². The molecule has 0 aromatic heterocycles. The van der Waals surface area contributed by atoms with Crippen LogP contribution in [0, 0.1) is 5.41 Å². The molecular formula is C12H14ClNO4. The first-order valence-electron chi connectivity index (χ1n) is 5.47. The van der Waals surface area contributed by atoms with Crippen LogP contribution in [0.15, 0.2) is 12.1 Å². The zero-order valence-corrected chi connectivity index (χ0v) is 10.9. The van der Waals surface area contributed by atoms with Gasteiger partial charge in [0, 0.05) is 10.6 Å². The highest BCUT2D eigenvalue weighted by Gasteiger charge is 2.40. The Labute approximate surface area is 109 Å². The molecule has 18 heavy (non-hydrogen) atoms. The van der Waals surface area contributed by atoms with Gasteiger partial charge in [0.05, 0.1) is 18.6 Å². The fourth-order valence-electron chi connectivity index (χ4n) is 1.71. The molecule has 1 amide bonds. The number of phenols is 2. The van der Waals surface area contributed by atoms with Gasteiger partial charge in [0.15, 0.2) is 11.5 Å². The summed E-state index contributed by atoms with van der Waals surface area (Å²) in [5.41, 5.74) is -0.318. The average Bonchev–Trinajstić information content (AvgIpc) is 2.56. The molecule has 1 heterocycles. The fraction of sp³-hybridized carbons (Fsp3) is 0.417. The molecule has 0 spiro atoms. The standard InChI is InChI=1S/C12H14ClNO4/c1-12(2)6-18-14(11(12)17)5-7-8(13)3-4-9(15)10(7)16/h3-4,15-16H,5-6H2,1-2H3. The van der Waals surface area contributed by atoms with Crippen molar-refractivity contribution >= 4 is 17.5 Å². The first-order chi connectivity index (χ1) is 8.33. The lowest BCUT2D eigenvalue weighted by molar-refractivity contribution is -0.165. The van der Waals surface area contributed by atoms with E-state index in [2.05, 4.69) is 0 Å². The summed E-state index contributed by atoms with van der Waals surface area (Å²) in [6.07, 6.45) is 0. The Hall–Kier alpha value is -1.46. The molecule has 1 aliphatic rings. The number of carbonyl (C=O) groups excluding carboxylic acids is 1. The molecule has 0 saturated carbocycles. The number of phenolic OH excluding ortho intramolecular Hbond substituents is 2. The Morgan fingerprint density at radius 3 is 2.67 bits per heavy atom. The molecule has 1 aromatic carbocycles. The van der Waals surface area contributed by atoms with Gasteiger partial charge in [-0.2, -0.15) is 0 Å². The second kappa shape index (κ2) is 4.33. The Morgan fingerprint density at radius 2 is 2.11 bits per heavy atom. The molecule has 98 valence electrons. The first kappa shape index (κ1) is 13.0. The van der Waals surface area contributed by atoms with Gasteiger partial charge in [-0.1, -0.05) is 11.6 Å². The molecule has 6 heteroatoms. The van der Waals surface area contributed by atoms with Gasteiger partial charge in [-0.25, -0.2) is 5.06 Å². The van der Waals surface area contributed by atoms with E-state index >= 15 is 0 Å². The highest BCUT2D eigenvalue weighted by Crippen LogP contribution is 2.37. The lowest BCUT2D eigenvalue weighted by Gasteiger charge is -2.18. The summed E-state index contributed by atoms with van der Waals surface area (Å²) in [5, 5.41) is 20.6. The van der Waals surface area contributed by atoms with Crippen LogP contribution in [0.4, 0.5) is 0 Å². The molecule has 0 atom stereocenters. The maximum absolute atomic E-state index is 12.0. The van der Waals surface area contributed by atoms with Crippen LogP contribution in [0.1, 0.15) is 19.4 Å². The lowest BCUT2D eigenvalue weighted by atomic mass is 9.95. The largest absolute Gasteiger partial charge is 0.504 e. The van der Waals surface area contributed by atoms with Crippen molar-refractivity contribution in [1.82, 2.24) is 5.06 Å². The summed E-state index contributed by atoms with van der Waals surface area (Å²) < 4.78 is 0. The van der Waals surface area contributed by atoms with Crippen molar-refractivity contribution in [3.8, 4) is 11.5 Å². The van der Waals surface area contributed by atoms with Gasteiger partial charge in [0.1, 0.15) is 0 Å². The summed E-state index contributed by atoms with van der Waals surface area (Å²) in [4.78, 5) is 17.2. The van der Waals surface area contributed by atoms with Gasteiger partial charge in [-0.05, 0) is 26.0 Å². The zero-order chi connectivity index (χ0) is 13.5. The van der Waals surface area contributed by atoms with Gasteiger partial charge in [-0.3, -0.25) is 9.63 Å². The van der Waals surface area contributed by atoms with Crippen LogP contribution < -0.4 is 0 Å². The molecule has 1 aliphatic heterocycles. The van der Waals surface area contributed by atoms with Gasteiger partial charge in [-0.15, -0.1) is 0 Å². The summed E-state index contributed by atoms with van der Waals surface area (Å²) in [7, 11) is 0. The van der Waals surface area contributed by atoms with Crippen molar-refractivity contribution in [2.45, 2.75) is 20.4 Å². The van der Waals surface area contributed by atoms with Crippen molar-refractivity contribution in [2.24, 2.45) is 5.41 Å². The van der Waals surface area contributed by atoms with Crippen LogP contribution in [-0.4, -0.2) is 27.8 Å². The molecule has 5 nitrogen and oxygen atoms in total. The topological polar surface area (TPSA) is 70.0 Å². The minimum Gasteiger partial charge on any atom is -0.504 e. The van der Waals surface area contributed by atoms with E-state index in [1.54, 1.807) is 13.8 Å².